The molecule has 0 spiro atoms. The Morgan fingerprint density at radius 3 is 2.12 bits per heavy atom. The zero-order valence-corrected chi connectivity index (χ0v) is 16.6. The van der Waals surface area contributed by atoms with Crippen LogP contribution in [0.4, 0.5) is 0 Å². The van der Waals surface area contributed by atoms with Crippen LogP contribution in [0, 0.1) is 5.41 Å². The van der Waals surface area contributed by atoms with Crippen LogP contribution in [0.1, 0.15) is 32.8 Å². The van der Waals surface area contributed by atoms with Crippen LogP contribution < -0.4 is 0 Å². The molecule has 5 heteroatoms. The van der Waals surface area contributed by atoms with Crippen molar-refractivity contribution in [1.82, 2.24) is 4.31 Å². The molecule has 2 aromatic rings. The van der Waals surface area contributed by atoms with Crippen LogP contribution >= 0.6 is 11.6 Å². The maximum Gasteiger partial charge on any atom is 0.243 e. The Labute approximate surface area is 156 Å². The lowest BCUT2D eigenvalue weighted by Gasteiger charge is -2.29. The van der Waals surface area contributed by atoms with Crippen LogP contribution in [0.15, 0.2) is 59.5 Å². The van der Waals surface area contributed by atoms with Gasteiger partial charge in [0.05, 0.1) is 4.90 Å². The highest BCUT2D eigenvalue weighted by molar-refractivity contribution is 7.89. The maximum atomic E-state index is 13.0. The number of benzene rings is 2. The Balaban J connectivity index is 2.15. The number of hydrogen-bond donors (Lipinski definition) is 0. The van der Waals surface area contributed by atoms with Gasteiger partial charge >= 0.3 is 0 Å². The lowest BCUT2D eigenvalue weighted by Crippen LogP contribution is -2.38. The number of aryl methyl sites for hydroxylation is 1. The van der Waals surface area contributed by atoms with Crippen molar-refractivity contribution in [3.05, 3.63) is 65.2 Å². The van der Waals surface area contributed by atoms with E-state index in [0.29, 0.717) is 23.0 Å². The average molecular weight is 380 g/mol. The van der Waals surface area contributed by atoms with Gasteiger partial charge in [0, 0.05) is 18.1 Å². The van der Waals surface area contributed by atoms with Gasteiger partial charge in [-0.1, -0.05) is 62.7 Å². The Kier molecular flexibility index (Phi) is 6.66. The van der Waals surface area contributed by atoms with E-state index < -0.39 is 10.0 Å². The molecule has 2 rings (SSSR count). The van der Waals surface area contributed by atoms with Gasteiger partial charge in [-0.15, -0.1) is 0 Å². The van der Waals surface area contributed by atoms with Gasteiger partial charge in [-0.05, 0) is 48.1 Å². The molecular weight excluding hydrogens is 354 g/mol. The van der Waals surface area contributed by atoms with E-state index in [9.17, 15) is 8.42 Å². The van der Waals surface area contributed by atoms with Crippen molar-refractivity contribution >= 4 is 21.6 Å². The average Bonchev–Trinajstić information content (AvgIpc) is 2.54. The van der Waals surface area contributed by atoms with E-state index in [-0.39, 0.29) is 5.41 Å². The van der Waals surface area contributed by atoms with Gasteiger partial charge in [0.1, 0.15) is 0 Å². The van der Waals surface area contributed by atoms with E-state index in [1.807, 2.05) is 18.2 Å². The Hall–Kier alpha value is -1.36. The van der Waals surface area contributed by atoms with Gasteiger partial charge < -0.3 is 0 Å². The normalized spacial score (nSPS) is 12.5. The third kappa shape index (κ3) is 6.14. The first-order valence-corrected chi connectivity index (χ1v) is 10.3. The number of hydrogen-bond acceptors (Lipinski definition) is 2. The highest BCUT2D eigenvalue weighted by Gasteiger charge is 2.28. The molecule has 0 N–H and O–H groups in total. The summed E-state index contributed by atoms with van der Waals surface area (Å²) in [6, 6.07) is 16.5. The third-order valence-electron chi connectivity index (χ3n) is 3.82. The number of halogens is 1. The van der Waals surface area contributed by atoms with Crippen LogP contribution in [0.2, 0.25) is 5.02 Å². The molecule has 0 aliphatic heterocycles. The van der Waals surface area contributed by atoms with Crippen LogP contribution in [0.3, 0.4) is 0 Å². The molecule has 0 aliphatic rings. The molecule has 0 amide bonds. The largest absolute Gasteiger partial charge is 0.243 e. The molecule has 0 heterocycles. The minimum atomic E-state index is -3.53. The van der Waals surface area contributed by atoms with Crippen molar-refractivity contribution in [3.63, 3.8) is 0 Å². The molecule has 0 bridgehead atoms. The van der Waals surface area contributed by atoms with Crippen molar-refractivity contribution in [2.24, 2.45) is 5.41 Å². The predicted molar refractivity (Wildman–Crippen MR) is 104 cm³/mol. The quantitative estimate of drug-likeness (QED) is 0.678. The van der Waals surface area contributed by atoms with Gasteiger partial charge in [-0.25, -0.2) is 8.42 Å². The fourth-order valence-electron chi connectivity index (χ4n) is 2.67. The van der Waals surface area contributed by atoms with Crippen molar-refractivity contribution in [3.8, 4) is 0 Å². The van der Waals surface area contributed by atoms with E-state index >= 15 is 0 Å². The minimum Gasteiger partial charge on any atom is -0.207 e. The summed E-state index contributed by atoms with van der Waals surface area (Å²) < 4.78 is 27.7. The summed E-state index contributed by atoms with van der Waals surface area (Å²) >= 11 is 5.89. The molecule has 3 nitrogen and oxygen atoms in total. The highest BCUT2D eigenvalue weighted by atomic mass is 35.5. The third-order valence-corrected chi connectivity index (χ3v) is 5.93. The van der Waals surface area contributed by atoms with Gasteiger partial charge in [-0.2, -0.15) is 4.31 Å². The van der Waals surface area contributed by atoms with Gasteiger partial charge in [-0.3, -0.25) is 0 Å². The molecule has 0 saturated carbocycles. The van der Waals surface area contributed by atoms with Crippen molar-refractivity contribution < 1.29 is 8.42 Å². The molecule has 136 valence electrons. The Morgan fingerprint density at radius 2 is 1.56 bits per heavy atom. The molecule has 2 aromatic carbocycles. The van der Waals surface area contributed by atoms with Gasteiger partial charge in [0.15, 0.2) is 0 Å². The fraction of sp³-hybridized carbons (Fsp3) is 0.400. The molecule has 0 unspecified atom stereocenters. The number of nitrogens with zero attached hydrogens (tertiary/aromatic N) is 1. The van der Waals surface area contributed by atoms with Crippen LogP contribution in [0.5, 0.6) is 0 Å². The second-order valence-electron chi connectivity index (χ2n) is 7.44. The lowest BCUT2D eigenvalue weighted by molar-refractivity contribution is 0.279. The SMILES string of the molecule is CC(C)(C)CN(CCCc1ccccc1)S(=O)(=O)c1ccc(Cl)cc1. The summed E-state index contributed by atoms with van der Waals surface area (Å²) in [7, 11) is -3.53. The van der Waals surface area contributed by atoms with E-state index in [4.69, 9.17) is 11.6 Å². The van der Waals surface area contributed by atoms with Crippen LogP contribution in [-0.2, 0) is 16.4 Å². The second-order valence-corrected chi connectivity index (χ2v) is 9.82. The first-order chi connectivity index (χ1) is 11.7. The highest BCUT2D eigenvalue weighted by Crippen LogP contribution is 2.24. The number of rotatable bonds is 7. The topological polar surface area (TPSA) is 37.4 Å². The summed E-state index contributed by atoms with van der Waals surface area (Å²) in [5.74, 6) is 0. The Bertz CT molecular complexity index is 766. The number of sulfonamides is 1. The van der Waals surface area contributed by atoms with Gasteiger partial charge in [0.25, 0.3) is 0 Å². The van der Waals surface area contributed by atoms with E-state index in [0.717, 1.165) is 12.8 Å². The van der Waals surface area contributed by atoms with Crippen LogP contribution in [0.25, 0.3) is 0 Å². The van der Waals surface area contributed by atoms with Crippen molar-refractivity contribution in [2.75, 3.05) is 13.1 Å². The summed E-state index contributed by atoms with van der Waals surface area (Å²) in [6.45, 7) is 7.13. The minimum absolute atomic E-state index is 0.119. The van der Waals surface area contributed by atoms with Crippen molar-refractivity contribution in [2.45, 2.75) is 38.5 Å². The standard InChI is InChI=1S/C20H26ClNO2S/c1-20(2,3)16-22(15-7-10-17-8-5-4-6-9-17)25(23,24)19-13-11-18(21)12-14-19/h4-6,8-9,11-14H,7,10,15-16H2,1-3H3. The first-order valence-electron chi connectivity index (χ1n) is 8.48. The predicted octanol–water partition coefficient (Wildman–Crippen LogP) is 5.01. The zero-order chi connectivity index (χ0) is 18.5. The molecule has 0 atom stereocenters. The van der Waals surface area contributed by atoms with Crippen molar-refractivity contribution in [1.29, 1.82) is 0 Å². The summed E-state index contributed by atoms with van der Waals surface area (Å²) in [5, 5.41) is 0.533. The summed E-state index contributed by atoms with van der Waals surface area (Å²) in [4.78, 5) is 0.292. The fourth-order valence-corrected chi connectivity index (χ4v) is 4.50. The molecular formula is C20H26ClNO2S. The summed E-state index contributed by atoms with van der Waals surface area (Å²) in [6.07, 6.45) is 1.64. The van der Waals surface area contributed by atoms with E-state index in [1.54, 1.807) is 28.6 Å². The zero-order valence-electron chi connectivity index (χ0n) is 15.1. The Morgan fingerprint density at radius 1 is 0.960 bits per heavy atom. The van der Waals surface area contributed by atoms with E-state index in [2.05, 4.69) is 32.9 Å². The molecule has 0 radical (unpaired) electrons. The maximum absolute atomic E-state index is 13.0. The molecule has 0 aliphatic carbocycles. The molecule has 25 heavy (non-hydrogen) atoms. The van der Waals surface area contributed by atoms with E-state index in [1.165, 1.54) is 5.56 Å². The van der Waals surface area contributed by atoms with Gasteiger partial charge in [0.2, 0.25) is 10.0 Å². The molecule has 0 aromatic heterocycles. The summed E-state index contributed by atoms with van der Waals surface area (Å²) in [5.41, 5.74) is 1.11. The molecule has 0 saturated heterocycles. The molecule has 0 fully saturated rings. The smallest absolute Gasteiger partial charge is 0.207 e. The first kappa shape index (κ1) is 20.0. The second kappa shape index (κ2) is 8.35. The monoisotopic (exact) mass is 379 g/mol. The van der Waals surface area contributed by atoms with Crippen LogP contribution in [-0.4, -0.2) is 25.8 Å². The lowest BCUT2D eigenvalue weighted by atomic mass is 9.97.